The summed E-state index contributed by atoms with van der Waals surface area (Å²) in [6, 6.07) is 0. The van der Waals surface area contributed by atoms with E-state index in [9.17, 15) is 0 Å². The summed E-state index contributed by atoms with van der Waals surface area (Å²) in [5, 5.41) is 0. The summed E-state index contributed by atoms with van der Waals surface area (Å²) in [5.74, 6) is 0. The summed E-state index contributed by atoms with van der Waals surface area (Å²) < 4.78 is 16.8. The third kappa shape index (κ3) is 11.0. The van der Waals surface area contributed by atoms with Gasteiger partial charge in [0.05, 0.1) is 0 Å². The van der Waals surface area contributed by atoms with Gasteiger partial charge in [0.15, 0.2) is 0 Å². The van der Waals surface area contributed by atoms with Crippen molar-refractivity contribution in [1.82, 2.24) is 0 Å². The minimum atomic E-state index is -0.0833. The fourth-order valence-corrected chi connectivity index (χ4v) is 0. The molecule has 0 aliphatic rings. The van der Waals surface area contributed by atoms with Crippen LogP contribution in [0.1, 0.15) is 0 Å². The Morgan fingerprint density at radius 3 is 1.25 bits per heavy atom. The molecule has 0 bridgehead atoms. The van der Waals surface area contributed by atoms with Crippen LogP contribution < -0.4 is 0 Å². The van der Waals surface area contributed by atoms with Crippen molar-refractivity contribution in [2.75, 3.05) is 0 Å². The topological polar surface area (TPSA) is 34.1 Å². The second kappa shape index (κ2) is 31.3. The molecule has 0 atom stereocenters. The summed E-state index contributed by atoms with van der Waals surface area (Å²) in [6.45, 7) is 0. The maximum atomic E-state index is 8.42. The average molecular weight is 302 g/mol. The molecule has 0 fully saturated rings. The van der Waals surface area contributed by atoms with E-state index in [2.05, 4.69) is 0 Å². The van der Waals surface area contributed by atoms with E-state index in [1.54, 1.807) is 0 Å². The molecule has 0 aliphatic heterocycles. The molecule has 0 N–H and O–H groups in total. The van der Waals surface area contributed by atoms with E-state index in [4.69, 9.17) is 6.26 Å². The number of rotatable bonds is 0. The Morgan fingerprint density at radius 1 is 1.25 bits per heavy atom. The normalized spacial score (nSPS) is 3.00. The monoisotopic (exact) mass is 301 g/mol. The van der Waals surface area contributed by atoms with E-state index < -0.39 is 0 Å². The van der Waals surface area contributed by atoms with Crippen LogP contribution in [-0.2, 0) is 24.5 Å². The Morgan fingerprint density at radius 2 is 1.25 bits per heavy atom. The first-order chi connectivity index (χ1) is 2.00. The van der Waals surface area contributed by atoms with Crippen molar-refractivity contribution in [1.29, 1.82) is 0 Å². The zero-order chi connectivity index (χ0) is 4.00. The molecule has 0 unspecified atom stereocenters. The fraction of sp³-hybridized carbons (Fsp3) is 0. The molecule has 17 valence electrons. The molecular formula is O2TlZn. The Balaban J connectivity index is 0. The molecule has 0 aliphatic carbocycles. The van der Waals surface area contributed by atoms with Gasteiger partial charge in [-0.2, -0.15) is 0 Å². The van der Waals surface area contributed by atoms with Gasteiger partial charge in [-0.25, -0.2) is 0 Å². The van der Waals surface area contributed by atoms with Gasteiger partial charge in [0.25, 0.3) is 0 Å². The van der Waals surface area contributed by atoms with Crippen LogP contribution in [0.3, 0.4) is 0 Å². The number of hydrogen-bond donors (Lipinski definition) is 0. The van der Waals surface area contributed by atoms with Crippen LogP contribution >= 0.6 is 0 Å². The van der Waals surface area contributed by atoms with E-state index in [0.29, 0.717) is 0 Å². The van der Waals surface area contributed by atoms with E-state index in [1.165, 1.54) is 0 Å². The Labute approximate surface area is 50.1 Å². The predicted molar refractivity (Wildman–Crippen MR) is 7.13 cm³/mol. The molecule has 0 saturated carbocycles. The molecule has 0 amide bonds. The van der Waals surface area contributed by atoms with E-state index in [-0.39, 0.29) is 44.0 Å². The van der Waals surface area contributed by atoms with E-state index >= 15 is 0 Å². The quantitative estimate of drug-likeness (QED) is 0.559. The Kier molecular flexibility index (Phi) is 69.8. The third-order valence-electron chi connectivity index (χ3n) is 0. The summed E-state index contributed by atoms with van der Waals surface area (Å²) in [7, 11) is 0. The molecule has 0 heterocycles. The molecule has 0 saturated heterocycles. The molecule has 0 spiro atoms. The summed E-state index contributed by atoms with van der Waals surface area (Å²) in [5.41, 5.74) is 0. The Hall–Kier alpha value is 1.15. The number of hydrogen-bond acceptors (Lipinski definition) is 2. The first-order valence-corrected chi connectivity index (χ1v) is 3.57. The summed E-state index contributed by atoms with van der Waals surface area (Å²) >= 11 is 0.0417. The molecule has 0 rings (SSSR count). The van der Waals surface area contributed by atoms with Crippen LogP contribution in [0.25, 0.3) is 0 Å². The second-order valence-electron chi connectivity index (χ2n) is 0. The molecule has 4 heteroatoms. The zero-order valence-corrected chi connectivity index (χ0v) is 9.56. The van der Waals surface area contributed by atoms with Gasteiger partial charge in [0.2, 0.25) is 0 Å². The van der Waals surface area contributed by atoms with Gasteiger partial charge in [0, 0.05) is 0 Å². The molecule has 0 aromatic rings. The van der Waals surface area contributed by atoms with Crippen LogP contribution in [0.15, 0.2) is 0 Å². The van der Waals surface area contributed by atoms with Crippen molar-refractivity contribution in [2.45, 2.75) is 0 Å². The van der Waals surface area contributed by atoms with Crippen LogP contribution in [0.2, 0.25) is 0 Å². The third-order valence-corrected chi connectivity index (χ3v) is 0. The summed E-state index contributed by atoms with van der Waals surface area (Å²) in [4.78, 5) is 0. The van der Waals surface area contributed by atoms with Crippen LogP contribution in [0, 0.1) is 0 Å². The fourth-order valence-electron chi connectivity index (χ4n) is 0. The second-order valence-corrected chi connectivity index (χ2v) is 0. The molecule has 0 radical (unpaired) electrons. The zero-order valence-electron chi connectivity index (χ0n) is 2.10. The first-order valence-electron chi connectivity index (χ1n) is 0.524. The van der Waals surface area contributed by atoms with Gasteiger partial charge in [-0.3, -0.25) is 0 Å². The van der Waals surface area contributed by atoms with Crippen molar-refractivity contribution >= 4 is 25.8 Å². The standard InChI is InChI=1S/2O.Tl.Zn. The first kappa shape index (κ1) is 8.94. The van der Waals surface area contributed by atoms with Gasteiger partial charge in [-0.05, 0) is 0 Å². The van der Waals surface area contributed by atoms with Crippen molar-refractivity contribution in [2.24, 2.45) is 0 Å². The van der Waals surface area contributed by atoms with Gasteiger partial charge in [0.1, 0.15) is 0 Å². The maximum absolute atomic E-state index is 8.42. The SMILES string of the molecule is [O]=[Tl].[O]=[Zn]. The van der Waals surface area contributed by atoms with Gasteiger partial charge in [-0.1, -0.05) is 0 Å². The Bertz CT molecular complexity index is 8.00. The molecule has 2 nitrogen and oxygen atoms in total. The van der Waals surface area contributed by atoms with Gasteiger partial charge in [-0.15, -0.1) is 0 Å². The van der Waals surface area contributed by atoms with Gasteiger partial charge < -0.3 is 0 Å². The minimum absolute atomic E-state index is 0.0833. The predicted octanol–water partition coefficient (Wildman–Crippen LogP) is -0.621. The van der Waals surface area contributed by atoms with Crippen LogP contribution in [-0.4, -0.2) is 25.8 Å². The molecule has 0 aromatic heterocycles. The average Bonchev–Trinajstić information content (AvgIpc) is 1.50. The van der Waals surface area contributed by atoms with Crippen molar-refractivity contribution < 1.29 is 24.5 Å². The molecular weight excluding hydrogens is 302 g/mol. The molecule has 0 aromatic carbocycles. The van der Waals surface area contributed by atoms with Crippen molar-refractivity contribution in [3.8, 4) is 0 Å². The van der Waals surface area contributed by atoms with E-state index in [0.717, 1.165) is 0 Å². The van der Waals surface area contributed by atoms with Crippen molar-refractivity contribution in [3.05, 3.63) is 0 Å². The van der Waals surface area contributed by atoms with Gasteiger partial charge >= 0.3 is 50.3 Å². The molecule has 4 heavy (non-hydrogen) atoms. The summed E-state index contributed by atoms with van der Waals surface area (Å²) in [6.07, 6.45) is 0. The van der Waals surface area contributed by atoms with Crippen LogP contribution in [0.5, 0.6) is 0 Å². The van der Waals surface area contributed by atoms with Crippen LogP contribution in [0.4, 0.5) is 0 Å². The van der Waals surface area contributed by atoms with Crippen molar-refractivity contribution in [3.63, 3.8) is 0 Å². The van der Waals surface area contributed by atoms with E-state index in [1.807, 2.05) is 0 Å².